The number of halogens is 4. The topological polar surface area (TPSA) is 41.6 Å². The van der Waals surface area contributed by atoms with Crippen molar-refractivity contribution in [3.63, 3.8) is 0 Å². The number of ether oxygens (including phenoxy) is 1. The summed E-state index contributed by atoms with van der Waals surface area (Å²) < 4.78 is 47.0. The Hall–Kier alpha value is -3.03. The highest BCUT2D eigenvalue weighted by atomic mass is 35.5. The van der Waals surface area contributed by atoms with Crippen molar-refractivity contribution in [3.8, 4) is 5.75 Å². The zero-order valence-corrected chi connectivity index (χ0v) is 21.4. The summed E-state index contributed by atoms with van der Waals surface area (Å²) in [5, 5.41) is 2.24. The van der Waals surface area contributed by atoms with Gasteiger partial charge < -0.3 is 15.0 Å². The van der Waals surface area contributed by atoms with Crippen LogP contribution in [0, 0.1) is 17.5 Å². The van der Waals surface area contributed by atoms with Crippen molar-refractivity contribution in [2.45, 2.75) is 43.6 Å². The summed E-state index contributed by atoms with van der Waals surface area (Å²) in [5.74, 6) is -1.70. The highest BCUT2D eigenvalue weighted by Crippen LogP contribution is 2.32. The summed E-state index contributed by atoms with van der Waals surface area (Å²) in [6, 6.07) is 17.1. The lowest BCUT2D eigenvalue weighted by molar-refractivity contribution is -0.115. The second-order valence-electron chi connectivity index (χ2n) is 9.37. The molecule has 4 rings (SSSR count). The van der Waals surface area contributed by atoms with Crippen LogP contribution in [0.2, 0.25) is 0 Å². The van der Waals surface area contributed by atoms with Crippen molar-refractivity contribution in [2.75, 3.05) is 25.0 Å². The number of hydrogen-bond donors (Lipinski definition) is 1. The number of piperidine rings is 1. The number of nitrogens with zero attached hydrogens (tertiary/aromatic N) is 1. The Morgan fingerprint density at radius 3 is 2.41 bits per heavy atom. The third-order valence-electron chi connectivity index (χ3n) is 6.69. The normalized spacial score (nSPS) is 16.2. The molecule has 1 saturated heterocycles. The number of nitrogens with one attached hydrogen (secondary N) is 1. The average Bonchev–Trinajstić information content (AvgIpc) is 2.89. The van der Waals surface area contributed by atoms with E-state index in [4.69, 9.17) is 16.3 Å². The first kappa shape index (κ1) is 27.0. The molecule has 8 heteroatoms. The van der Waals surface area contributed by atoms with E-state index in [0.29, 0.717) is 18.9 Å². The average molecular weight is 531 g/mol. The van der Waals surface area contributed by atoms with Gasteiger partial charge in [-0.3, -0.25) is 4.79 Å². The Kier molecular flexibility index (Phi) is 9.11. The molecule has 0 bridgehead atoms. The van der Waals surface area contributed by atoms with Crippen LogP contribution in [0.5, 0.6) is 5.75 Å². The Labute approximate surface area is 220 Å². The lowest BCUT2D eigenvalue weighted by Crippen LogP contribution is -2.34. The molecule has 1 aliphatic heterocycles. The van der Waals surface area contributed by atoms with E-state index in [2.05, 4.69) is 16.3 Å². The van der Waals surface area contributed by atoms with Gasteiger partial charge in [0.2, 0.25) is 5.91 Å². The Balaban J connectivity index is 1.36. The molecule has 2 unspecified atom stereocenters. The maximum Gasteiger partial charge on any atom is 0.242 e. The third kappa shape index (κ3) is 7.49. The number of anilines is 1. The molecule has 4 nitrogen and oxygen atoms in total. The zero-order chi connectivity index (χ0) is 26.4. The number of benzene rings is 3. The van der Waals surface area contributed by atoms with Crippen molar-refractivity contribution in [1.82, 2.24) is 4.90 Å². The second-order valence-corrected chi connectivity index (χ2v) is 10.0. The summed E-state index contributed by atoms with van der Waals surface area (Å²) >= 11 is 5.86. The number of alkyl halides is 1. The molecule has 196 valence electrons. The number of amides is 1. The van der Waals surface area contributed by atoms with Crippen molar-refractivity contribution < 1.29 is 22.7 Å². The number of rotatable bonds is 9. The van der Waals surface area contributed by atoms with Crippen molar-refractivity contribution in [3.05, 3.63) is 95.3 Å². The first-order valence-corrected chi connectivity index (χ1v) is 12.9. The first-order chi connectivity index (χ1) is 17.8. The predicted molar refractivity (Wildman–Crippen MR) is 140 cm³/mol. The van der Waals surface area contributed by atoms with Gasteiger partial charge >= 0.3 is 0 Å². The van der Waals surface area contributed by atoms with Crippen molar-refractivity contribution >= 4 is 23.2 Å². The van der Waals surface area contributed by atoms with Gasteiger partial charge in [-0.25, -0.2) is 13.2 Å². The number of carbonyl (C=O) groups excluding carboxylic acids is 1. The van der Waals surface area contributed by atoms with Gasteiger partial charge in [0.15, 0.2) is 11.6 Å². The van der Waals surface area contributed by atoms with Crippen LogP contribution in [-0.2, 0) is 4.79 Å². The molecule has 3 aromatic carbocycles. The van der Waals surface area contributed by atoms with Gasteiger partial charge in [0.25, 0.3) is 0 Å². The molecule has 2 atom stereocenters. The summed E-state index contributed by atoms with van der Waals surface area (Å²) in [5.41, 5.74) is 2.65. The lowest BCUT2D eigenvalue weighted by Gasteiger charge is -2.33. The molecule has 1 heterocycles. The van der Waals surface area contributed by atoms with E-state index in [-0.39, 0.29) is 17.5 Å². The maximum atomic E-state index is 14.3. The highest BCUT2D eigenvalue weighted by Gasteiger charge is 2.23. The van der Waals surface area contributed by atoms with E-state index in [0.717, 1.165) is 49.3 Å². The van der Waals surface area contributed by atoms with Crippen molar-refractivity contribution in [2.24, 2.45) is 0 Å². The van der Waals surface area contributed by atoms with E-state index in [1.54, 1.807) is 19.1 Å². The quantitative estimate of drug-likeness (QED) is 0.301. The Morgan fingerprint density at radius 2 is 1.73 bits per heavy atom. The minimum Gasteiger partial charge on any atom is -0.483 e. The first-order valence-electron chi connectivity index (χ1n) is 12.4. The minimum absolute atomic E-state index is 0.0371. The van der Waals surface area contributed by atoms with Gasteiger partial charge in [-0.1, -0.05) is 24.3 Å². The van der Waals surface area contributed by atoms with Gasteiger partial charge in [-0.15, -0.1) is 11.6 Å². The van der Waals surface area contributed by atoms with Crippen LogP contribution >= 0.6 is 11.6 Å². The SMILES string of the molecule is CC(Cl)C(=O)Nc1cccc(C2CCN(CCC(Oc3ccc(F)cc3F)c3ccc(F)cc3)CC2)c1. The van der Waals surface area contributed by atoms with Crippen LogP contribution in [-0.4, -0.2) is 35.8 Å². The molecule has 1 aliphatic rings. The number of likely N-dealkylation sites (tertiary alicyclic amines) is 1. The fourth-order valence-electron chi connectivity index (χ4n) is 4.60. The van der Waals surface area contributed by atoms with Gasteiger partial charge in [-0.05, 0) is 86.3 Å². The summed E-state index contributed by atoms with van der Waals surface area (Å²) in [7, 11) is 0. The van der Waals surface area contributed by atoms with E-state index >= 15 is 0 Å². The van der Waals surface area contributed by atoms with Gasteiger partial charge in [0.05, 0.1) is 0 Å². The van der Waals surface area contributed by atoms with Crippen LogP contribution in [0.3, 0.4) is 0 Å². The van der Waals surface area contributed by atoms with Gasteiger partial charge in [0.1, 0.15) is 23.1 Å². The van der Waals surface area contributed by atoms with E-state index in [1.807, 2.05) is 18.2 Å². The van der Waals surface area contributed by atoms with Crippen molar-refractivity contribution in [1.29, 1.82) is 0 Å². The summed E-state index contributed by atoms with van der Waals surface area (Å²) in [4.78, 5) is 14.3. The summed E-state index contributed by atoms with van der Waals surface area (Å²) in [6.45, 7) is 4.10. The fraction of sp³-hybridized carbons (Fsp3) is 0.345. The molecular formula is C29H30ClF3N2O2. The lowest BCUT2D eigenvalue weighted by atomic mass is 9.89. The highest BCUT2D eigenvalue weighted by molar-refractivity contribution is 6.32. The number of carbonyl (C=O) groups is 1. The maximum absolute atomic E-state index is 14.3. The number of hydrogen-bond acceptors (Lipinski definition) is 3. The zero-order valence-electron chi connectivity index (χ0n) is 20.6. The van der Waals surface area contributed by atoms with Crippen LogP contribution in [0.15, 0.2) is 66.7 Å². The van der Waals surface area contributed by atoms with E-state index in [9.17, 15) is 18.0 Å². The molecule has 37 heavy (non-hydrogen) atoms. The molecule has 0 spiro atoms. The molecule has 3 aromatic rings. The molecule has 0 radical (unpaired) electrons. The molecule has 0 saturated carbocycles. The van der Waals surface area contributed by atoms with Crippen LogP contribution in [0.4, 0.5) is 18.9 Å². The third-order valence-corrected chi connectivity index (χ3v) is 6.89. The molecule has 0 aromatic heterocycles. The molecule has 0 aliphatic carbocycles. The largest absolute Gasteiger partial charge is 0.483 e. The van der Waals surface area contributed by atoms with E-state index in [1.165, 1.54) is 23.8 Å². The molecule has 1 N–H and O–H groups in total. The Bertz CT molecular complexity index is 1200. The second kappa shape index (κ2) is 12.5. The molecular weight excluding hydrogens is 501 g/mol. The Morgan fingerprint density at radius 1 is 1.03 bits per heavy atom. The molecule has 1 fully saturated rings. The summed E-state index contributed by atoms with van der Waals surface area (Å²) in [6.07, 6.45) is 1.96. The molecule has 1 amide bonds. The van der Waals surface area contributed by atoms with Crippen LogP contribution in [0.25, 0.3) is 0 Å². The van der Waals surface area contributed by atoms with Gasteiger partial charge in [0, 0.05) is 24.7 Å². The smallest absolute Gasteiger partial charge is 0.242 e. The van der Waals surface area contributed by atoms with Crippen LogP contribution < -0.4 is 10.1 Å². The fourth-order valence-corrected chi connectivity index (χ4v) is 4.65. The van der Waals surface area contributed by atoms with Crippen LogP contribution in [0.1, 0.15) is 49.3 Å². The predicted octanol–water partition coefficient (Wildman–Crippen LogP) is 7.06. The van der Waals surface area contributed by atoms with E-state index < -0.39 is 23.1 Å². The monoisotopic (exact) mass is 530 g/mol. The standard InChI is InChI=1S/C29H30ClF3N2O2/c1-19(30)29(36)34-25-4-2-3-22(17-25)20-11-14-35(15-12-20)16-13-27(21-5-7-23(31)8-6-21)37-28-10-9-24(32)18-26(28)33/h2-10,17-20,27H,11-16H2,1H3,(H,34,36). The van der Waals surface area contributed by atoms with Gasteiger partial charge in [-0.2, -0.15) is 0 Å². The minimum atomic E-state index is -0.771.